The van der Waals surface area contributed by atoms with Gasteiger partial charge >= 0.3 is 0 Å². The van der Waals surface area contributed by atoms with E-state index in [0.29, 0.717) is 11.4 Å². The Morgan fingerprint density at radius 3 is 2.87 bits per heavy atom. The summed E-state index contributed by atoms with van der Waals surface area (Å²) < 4.78 is 0. The van der Waals surface area contributed by atoms with Crippen LogP contribution >= 0.6 is 0 Å². The molecule has 5 nitrogen and oxygen atoms in total. The Hall–Kier alpha value is -2.09. The van der Waals surface area contributed by atoms with Gasteiger partial charge in [-0.15, -0.1) is 0 Å². The SMILES string of the molecule is CC(C)(Nc1ncccc1C#N)C(N)=O. The third kappa shape index (κ3) is 2.44. The maximum absolute atomic E-state index is 11.1. The predicted molar refractivity (Wildman–Crippen MR) is 55.8 cm³/mol. The molecule has 0 aromatic carbocycles. The van der Waals surface area contributed by atoms with Crippen molar-refractivity contribution in [2.75, 3.05) is 5.32 Å². The standard InChI is InChI=1S/C10H12N4O/c1-10(2,9(12)15)14-8-7(6-11)4-3-5-13-8/h3-5H,1-2H3,(H2,12,15)(H,13,14). The fourth-order valence-electron chi connectivity index (χ4n) is 0.953. The molecule has 0 spiro atoms. The molecule has 0 aliphatic rings. The van der Waals surface area contributed by atoms with Crippen molar-refractivity contribution in [1.29, 1.82) is 5.26 Å². The third-order valence-corrected chi connectivity index (χ3v) is 1.98. The van der Waals surface area contributed by atoms with Gasteiger partial charge in [0, 0.05) is 6.20 Å². The first kappa shape index (κ1) is 11.0. The zero-order chi connectivity index (χ0) is 11.5. The Bertz CT molecular complexity index is 420. The van der Waals surface area contributed by atoms with Gasteiger partial charge in [0.1, 0.15) is 17.4 Å². The van der Waals surface area contributed by atoms with E-state index in [1.54, 1.807) is 32.2 Å². The molecule has 0 saturated heterocycles. The van der Waals surface area contributed by atoms with Crippen molar-refractivity contribution >= 4 is 11.7 Å². The maximum atomic E-state index is 11.1. The highest BCUT2D eigenvalue weighted by Gasteiger charge is 2.25. The van der Waals surface area contributed by atoms with Crippen LogP contribution in [0.2, 0.25) is 0 Å². The molecule has 1 amide bonds. The summed E-state index contributed by atoms with van der Waals surface area (Å²) in [6, 6.07) is 5.25. The van der Waals surface area contributed by atoms with E-state index in [1.165, 1.54) is 0 Å². The Kier molecular flexibility index (Phi) is 2.90. The molecule has 0 aliphatic carbocycles. The number of aromatic nitrogens is 1. The molecular weight excluding hydrogens is 192 g/mol. The Balaban J connectivity index is 3.00. The quantitative estimate of drug-likeness (QED) is 0.755. The van der Waals surface area contributed by atoms with E-state index in [2.05, 4.69) is 10.3 Å². The van der Waals surface area contributed by atoms with Crippen molar-refractivity contribution < 1.29 is 4.79 Å². The highest BCUT2D eigenvalue weighted by atomic mass is 16.1. The van der Waals surface area contributed by atoms with E-state index in [0.717, 1.165) is 0 Å². The minimum atomic E-state index is -0.931. The van der Waals surface area contributed by atoms with E-state index in [1.807, 2.05) is 6.07 Å². The summed E-state index contributed by atoms with van der Waals surface area (Å²) in [6.45, 7) is 3.26. The van der Waals surface area contributed by atoms with Crippen molar-refractivity contribution in [3.8, 4) is 6.07 Å². The molecule has 0 saturated carbocycles. The highest BCUT2D eigenvalue weighted by molar-refractivity contribution is 5.87. The number of anilines is 1. The Morgan fingerprint density at radius 2 is 2.33 bits per heavy atom. The van der Waals surface area contributed by atoms with E-state index < -0.39 is 11.4 Å². The molecule has 1 aromatic rings. The number of nitrogens with two attached hydrogens (primary N) is 1. The molecular formula is C10H12N4O. The lowest BCUT2D eigenvalue weighted by Gasteiger charge is -2.23. The zero-order valence-electron chi connectivity index (χ0n) is 8.61. The molecule has 0 aliphatic heterocycles. The largest absolute Gasteiger partial charge is 0.368 e. The van der Waals surface area contributed by atoms with Crippen molar-refractivity contribution in [3.63, 3.8) is 0 Å². The van der Waals surface area contributed by atoms with Gasteiger partial charge in [0.2, 0.25) is 5.91 Å². The van der Waals surface area contributed by atoms with E-state index in [4.69, 9.17) is 11.0 Å². The second-order valence-corrected chi connectivity index (χ2v) is 3.63. The first-order valence-corrected chi connectivity index (χ1v) is 4.40. The summed E-state index contributed by atoms with van der Waals surface area (Å²) in [6.07, 6.45) is 1.54. The van der Waals surface area contributed by atoms with Crippen molar-refractivity contribution in [2.24, 2.45) is 5.73 Å². The van der Waals surface area contributed by atoms with Crippen LogP contribution in [0.5, 0.6) is 0 Å². The minimum absolute atomic E-state index is 0.365. The van der Waals surface area contributed by atoms with Crippen LogP contribution in [0.3, 0.4) is 0 Å². The number of carbonyl (C=O) groups excluding carboxylic acids is 1. The average molecular weight is 204 g/mol. The number of pyridine rings is 1. The molecule has 3 N–H and O–H groups in total. The molecule has 78 valence electrons. The average Bonchev–Trinajstić information content (AvgIpc) is 2.18. The molecule has 0 radical (unpaired) electrons. The van der Waals surface area contributed by atoms with Gasteiger partial charge in [0.05, 0.1) is 5.56 Å². The minimum Gasteiger partial charge on any atom is -0.368 e. The number of amides is 1. The fourth-order valence-corrected chi connectivity index (χ4v) is 0.953. The molecule has 0 fully saturated rings. The van der Waals surface area contributed by atoms with Gasteiger partial charge in [-0.25, -0.2) is 4.98 Å². The lowest BCUT2D eigenvalue weighted by molar-refractivity contribution is -0.121. The van der Waals surface area contributed by atoms with Gasteiger partial charge in [0.25, 0.3) is 0 Å². The number of rotatable bonds is 3. The summed E-state index contributed by atoms with van der Waals surface area (Å²) in [7, 11) is 0. The van der Waals surface area contributed by atoms with Gasteiger partial charge in [-0.1, -0.05) is 0 Å². The van der Waals surface area contributed by atoms with E-state index in [9.17, 15) is 4.79 Å². The summed E-state index contributed by atoms with van der Waals surface area (Å²) in [5, 5.41) is 11.6. The zero-order valence-corrected chi connectivity index (χ0v) is 8.61. The predicted octanol–water partition coefficient (Wildman–Crippen LogP) is 0.629. The summed E-state index contributed by atoms with van der Waals surface area (Å²) in [5.41, 5.74) is 4.65. The van der Waals surface area contributed by atoms with Gasteiger partial charge in [-0.2, -0.15) is 5.26 Å². The normalized spacial score (nSPS) is 10.5. The van der Waals surface area contributed by atoms with Crippen LogP contribution in [0.4, 0.5) is 5.82 Å². The Morgan fingerprint density at radius 1 is 1.67 bits per heavy atom. The van der Waals surface area contributed by atoms with Crippen LogP contribution in [0, 0.1) is 11.3 Å². The van der Waals surface area contributed by atoms with Crippen LogP contribution in [-0.4, -0.2) is 16.4 Å². The molecule has 0 unspecified atom stereocenters. The maximum Gasteiger partial charge on any atom is 0.242 e. The number of primary amides is 1. The fraction of sp³-hybridized carbons (Fsp3) is 0.300. The van der Waals surface area contributed by atoms with Crippen molar-refractivity contribution in [1.82, 2.24) is 4.98 Å². The van der Waals surface area contributed by atoms with Crippen LogP contribution in [0.1, 0.15) is 19.4 Å². The highest BCUT2D eigenvalue weighted by Crippen LogP contribution is 2.15. The number of hydrogen-bond donors (Lipinski definition) is 2. The summed E-state index contributed by atoms with van der Waals surface area (Å²) in [5.74, 6) is -0.138. The lowest BCUT2D eigenvalue weighted by atomic mass is 10.0. The van der Waals surface area contributed by atoms with Gasteiger partial charge in [-0.05, 0) is 26.0 Å². The van der Waals surface area contributed by atoms with Crippen LogP contribution in [-0.2, 0) is 4.79 Å². The Labute approximate surface area is 87.9 Å². The monoisotopic (exact) mass is 204 g/mol. The van der Waals surface area contributed by atoms with Gasteiger partial charge < -0.3 is 11.1 Å². The number of carbonyl (C=O) groups is 1. The van der Waals surface area contributed by atoms with Crippen molar-refractivity contribution in [2.45, 2.75) is 19.4 Å². The molecule has 1 aromatic heterocycles. The third-order valence-electron chi connectivity index (χ3n) is 1.98. The molecule has 1 rings (SSSR count). The topological polar surface area (TPSA) is 91.8 Å². The van der Waals surface area contributed by atoms with Crippen LogP contribution < -0.4 is 11.1 Å². The second kappa shape index (κ2) is 3.96. The van der Waals surface area contributed by atoms with Crippen molar-refractivity contribution in [3.05, 3.63) is 23.9 Å². The lowest BCUT2D eigenvalue weighted by Crippen LogP contribution is -2.45. The van der Waals surface area contributed by atoms with E-state index >= 15 is 0 Å². The van der Waals surface area contributed by atoms with Gasteiger partial charge in [0.15, 0.2) is 0 Å². The number of nitrogens with one attached hydrogen (secondary N) is 1. The van der Waals surface area contributed by atoms with Crippen LogP contribution in [0.25, 0.3) is 0 Å². The van der Waals surface area contributed by atoms with E-state index in [-0.39, 0.29) is 0 Å². The summed E-state index contributed by atoms with van der Waals surface area (Å²) >= 11 is 0. The number of nitriles is 1. The molecule has 5 heteroatoms. The molecule has 0 bridgehead atoms. The molecule has 0 atom stereocenters. The molecule has 15 heavy (non-hydrogen) atoms. The molecule has 1 heterocycles. The van der Waals surface area contributed by atoms with Gasteiger partial charge in [-0.3, -0.25) is 4.79 Å². The van der Waals surface area contributed by atoms with Crippen LogP contribution in [0.15, 0.2) is 18.3 Å². The second-order valence-electron chi connectivity index (χ2n) is 3.63. The summed E-state index contributed by atoms with van der Waals surface area (Å²) in [4.78, 5) is 15.0. The number of hydrogen-bond acceptors (Lipinski definition) is 4. The number of nitrogens with zero attached hydrogens (tertiary/aromatic N) is 2. The smallest absolute Gasteiger partial charge is 0.242 e. The first-order chi connectivity index (χ1) is 6.97. The first-order valence-electron chi connectivity index (χ1n) is 4.40.